The summed E-state index contributed by atoms with van der Waals surface area (Å²) in [7, 11) is 0. The van der Waals surface area contributed by atoms with E-state index in [0.29, 0.717) is 5.92 Å². The maximum atomic E-state index is 12.4. The van der Waals surface area contributed by atoms with E-state index < -0.39 is 0 Å². The molecular weight excluding hydrogens is 368 g/mol. The molecule has 2 aromatic rings. The molecule has 0 saturated carbocycles. The second-order valence-corrected chi connectivity index (χ2v) is 9.66. The summed E-state index contributed by atoms with van der Waals surface area (Å²) in [5.41, 5.74) is 1.50. The van der Waals surface area contributed by atoms with Crippen LogP contribution in [0.25, 0.3) is 10.2 Å². The van der Waals surface area contributed by atoms with Gasteiger partial charge < -0.3 is 9.80 Å². The van der Waals surface area contributed by atoms with Gasteiger partial charge in [0.15, 0.2) is 0 Å². The van der Waals surface area contributed by atoms with E-state index >= 15 is 0 Å². The second kappa shape index (κ2) is 7.97. The lowest BCUT2D eigenvalue weighted by Gasteiger charge is -2.36. The number of aryl methyl sites for hydroxylation is 2. The zero-order chi connectivity index (χ0) is 19.8. The average molecular weight is 401 g/mol. The average Bonchev–Trinajstić information content (AvgIpc) is 3.10. The van der Waals surface area contributed by atoms with Crippen LogP contribution in [0.1, 0.15) is 69.1 Å². The Balaban J connectivity index is 1.71. The number of carbonyl (C=O) groups is 1. The largest absolute Gasteiger partial charge is 0.352 e. The maximum Gasteiger partial charge on any atom is 0.225 e. The Morgan fingerprint density at radius 3 is 2.46 bits per heavy atom. The fourth-order valence-electron chi connectivity index (χ4n) is 4.29. The first-order valence-corrected chi connectivity index (χ1v) is 11.7. The number of aromatic nitrogens is 2. The van der Waals surface area contributed by atoms with Crippen molar-refractivity contribution in [2.75, 3.05) is 31.1 Å². The minimum Gasteiger partial charge on any atom is -0.352 e. The summed E-state index contributed by atoms with van der Waals surface area (Å²) >= 11 is 1.89. The van der Waals surface area contributed by atoms with Gasteiger partial charge >= 0.3 is 0 Å². The lowest BCUT2D eigenvalue weighted by molar-refractivity contribution is -0.134. The molecule has 0 bridgehead atoms. The first-order chi connectivity index (χ1) is 13.5. The van der Waals surface area contributed by atoms with E-state index in [1.807, 2.05) is 30.1 Å². The minimum absolute atomic E-state index is 0.0678. The Hall–Kier alpha value is -1.69. The molecule has 1 saturated heterocycles. The molecule has 1 aliphatic heterocycles. The molecule has 3 heterocycles. The van der Waals surface area contributed by atoms with Gasteiger partial charge in [0, 0.05) is 42.9 Å². The van der Waals surface area contributed by atoms with Crippen LogP contribution >= 0.6 is 11.3 Å². The number of nitrogens with zero attached hydrogens (tertiary/aromatic N) is 4. The van der Waals surface area contributed by atoms with Gasteiger partial charge in [-0.1, -0.05) is 27.7 Å². The molecule has 4 rings (SSSR count). The zero-order valence-electron chi connectivity index (χ0n) is 17.6. The van der Waals surface area contributed by atoms with Crippen molar-refractivity contribution in [1.82, 2.24) is 14.9 Å². The summed E-state index contributed by atoms with van der Waals surface area (Å²) in [5, 5.41) is 1.30. The molecule has 1 atom stereocenters. The third-order valence-corrected chi connectivity index (χ3v) is 7.44. The van der Waals surface area contributed by atoms with E-state index in [1.165, 1.54) is 39.9 Å². The third-order valence-electron chi connectivity index (χ3n) is 6.25. The molecule has 0 N–H and O–H groups in total. The van der Waals surface area contributed by atoms with Crippen LogP contribution in [-0.2, 0) is 17.6 Å². The van der Waals surface area contributed by atoms with E-state index in [-0.39, 0.29) is 11.8 Å². The summed E-state index contributed by atoms with van der Waals surface area (Å²) in [6.07, 6.45) is 5.94. The van der Waals surface area contributed by atoms with E-state index in [1.54, 1.807) is 0 Å². The molecule has 0 aromatic carbocycles. The number of anilines is 1. The number of carbonyl (C=O) groups excluding carboxylic acids is 1. The number of hydrogen-bond acceptors (Lipinski definition) is 5. The molecule has 2 aromatic heterocycles. The predicted octanol–water partition coefficient (Wildman–Crippen LogP) is 4.39. The number of thiophene rings is 1. The third kappa shape index (κ3) is 3.51. The number of rotatable bonds is 4. The Morgan fingerprint density at radius 1 is 1.07 bits per heavy atom. The molecule has 1 aliphatic carbocycles. The molecule has 0 radical (unpaired) electrons. The van der Waals surface area contributed by atoms with Crippen molar-refractivity contribution >= 4 is 33.3 Å². The monoisotopic (exact) mass is 400 g/mol. The summed E-state index contributed by atoms with van der Waals surface area (Å²) in [5.74, 6) is 2.80. The summed E-state index contributed by atoms with van der Waals surface area (Å²) in [6.45, 7) is 11.7. The molecule has 152 valence electrons. The smallest absolute Gasteiger partial charge is 0.225 e. The molecular formula is C22H32N4OS. The Kier molecular flexibility index (Phi) is 5.59. The fourth-order valence-corrected chi connectivity index (χ4v) is 5.55. The van der Waals surface area contributed by atoms with Gasteiger partial charge in [0.1, 0.15) is 16.5 Å². The van der Waals surface area contributed by atoms with Crippen LogP contribution in [-0.4, -0.2) is 47.0 Å². The highest BCUT2D eigenvalue weighted by Crippen LogP contribution is 2.40. The summed E-state index contributed by atoms with van der Waals surface area (Å²) < 4.78 is 0. The highest BCUT2D eigenvalue weighted by Gasteiger charge is 2.28. The summed E-state index contributed by atoms with van der Waals surface area (Å²) in [4.78, 5) is 29.6. The fraction of sp³-hybridized carbons (Fsp3) is 0.682. The molecule has 28 heavy (non-hydrogen) atoms. The maximum absolute atomic E-state index is 12.4. The van der Waals surface area contributed by atoms with E-state index in [2.05, 4.69) is 18.7 Å². The van der Waals surface area contributed by atoms with Gasteiger partial charge in [-0.05, 0) is 37.7 Å². The van der Waals surface area contributed by atoms with Crippen molar-refractivity contribution < 1.29 is 4.79 Å². The number of amides is 1. The van der Waals surface area contributed by atoms with Crippen LogP contribution in [0.4, 0.5) is 5.82 Å². The van der Waals surface area contributed by atoms with Gasteiger partial charge in [-0.25, -0.2) is 9.97 Å². The SMILES string of the molecule is CC[C@@H](C)c1nc(N2CCN(C(=O)C(C)C)CC2)c2c3c(sc2n1)CCCC3. The second-order valence-electron chi connectivity index (χ2n) is 8.57. The molecule has 2 aliphatic rings. The number of piperazine rings is 1. The van der Waals surface area contributed by atoms with Crippen molar-refractivity contribution in [2.45, 2.75) is 65.7 Å². The van der Waals surface area contributed by atoms with Crippen LogP contribution in [0.5, 0.6) is 0 Å². The predicted molar refractivity (Wildman–Crippen MR) is 116 cm³/mol. The highest BCUT2D eigenvalue weighted by atomic mass is 32.1. The summed E-state index contributed by atoms with van der Waals surface area (Å²) in [6, 6.07) is 0. The van der Waals surface area contributed by atoms with Crippen LogP contribution in [0.3, 0.4) is 0 Å². The van der Waals surface area contributed by atoms with Gasteiger partial charge in [0.2, 0.25) is 5.91 Å². The molecule has 1 amide bonds. The van der Waals surface area contributed by atoms with Crippen molar-refractivity contribution in [1.29, 1.82) is 0 Å². The van der Waals surface area contributed by atoms with Crippen molar-refractivity contribution in [3.05, 3.63) is 16.3 Å². The van der Waals surface area contributed by atoms with Crippen LogP contribution in [0.2, 0.25) is 0 Å². The Bertz CT molecular complexity index is 867. The Morgan fingerprint density at radius 2 is 1.79 bits per heavy atom. The minimum atomic E-state index is 0.0678. The van der Waals surface area contributed by atoms with Gasteiger partial charge in [-0.3, -0.25) is 4.79 Å². The molecule has 5 nitrogen and oxygen atoms in total. The lowest BCUT2D eigenvalue weighted by Crippen LogP contribution is -2.50. The van der Waals surface area contributed by atoms with Gasteiger partial charge in [0.25, 0.3) is 0 Å². The van der Waals surface area contributed by atoms with Crippen molar-refractivity contribution in [3.8, 4) is 0 Å². The van der Waals surface area contributed by atoms with E-state index in [0.717, 1.165) is 50.7 Å². The van der Waals surface area contributed by atoms with E-state index in [4.69, 9.17) is 9.97 Å². The van der Waals surface area contributed by atoms with Gasteiger partial charge in [-0.15, -0.1) is 11.3 Å². The molecule has 1 fully saturated rings. The van der Waals surface area contributed by atoms with Crippen LogP contribution in [0, 0.1) is 5.92 Å². The van der Waals surface area contributed by atoms with Crippen molar-refractivity contribution in [3.63, 3.8) is 0 Å². The van der Waals surface area contributed by atoms with Crippen LogP contribution < -0.4 is 4.90 Å². The normalized spacial score (nSPS) is 18.6. The Labute approximate surface area is 172 Å². The van der Waals surface area contributed by atoms with E-state index in [9.17, 15) is 4.79 Å². The number of hydrogen-bond donors (Lipinski definition) is 0. The quantitative estimate of drug-likeness (QED) is 0.764. The number of fused-ring (bicyclic) bond motifs is 3. The van der Waals surface area contributed by atoms with Crippen molar-refractivity contribution in [2.24, 2.45) is 5.92 Å². The van der Waals surface area contributed by atoms with Gasteiger partial charge in [-0.2, -0.15) is 0 Å². The highest BCUT2D eigenvalue weighted by molar-refractivity contribution is 7.19. The standard InChI is InChI=1S/C22H32N4OS/c1-5-15(4)19-23-20(25-10-12-26(13-11-25)22(27)14(2)3)18-16-8-6-7-9-17(16)28-21(18)24-19/h14-15H,5-13H2,1-4H3/t15-/m1/s1. The molecule has 0 spiro atoms. The zero-order valence-corrected chi connectivity index (χ0v) is 18.4. The van der Waals surface area contributed by atoms with Gasteiger partial charge in [0.05, 0.1) is 5.39 Å². The topological polar surface area (TPSA) is 49.3 Å². The molecule has 0 unspecified atom stereocenters. The lowest BCUT2D eigenvalue weighted by atomic mass is 9.96. The first kappa shape index (κ1) is 19.6. The molecule has 6 heteroatoms. The van der Waals surface area contributed by atoms with Crippen LogP contribution in [0.15, 0.2) is 0 Å². The first-order valence-electron chi connectivity index (χ1n) is 10.9.